The SMILES string of the molecule is CCC[Te][C@@H]1O[C@H](COC(C)=O)[C@@H](OC(C)=O)[C@H](OC(C)=O)[C@H]1OC(C)=O. The molecule has 1 saturated heterocycles. The van der Waals surface area contributed by atoms with Crippen molar-refractivity contribution in [2.75, 3.05) is 6.61 Å². The van der Waals surface area contributed by atoms with Gasteiger partial charge in [-0.05, 0) is 0 Å². The van der Waals surface area contributed by atoms with E-state index in [0.29, 0.717) is 0 Å². The van der Waals surface area contributed by atoms with E-state index in [1.807, 2.05) is 6.92 Å². The van der Waals surface area contributed by atoms with E-state index in [9.17, 15) is 19.2 Å². The zero-order chi connectivity index (χ0) is 20.6. The molecule has 0 unspecified atom stereocenters. The van der Waals surface area contributed by atoms with Crippen molar-refractivity contribution in [1.29, 1.82) is 0 Å². The Labute approximate surface area is 168 Å². The molecule has 154 valence electrons. The molecule has 1 rings (SSSR count). The number of hydrogen-bond donors (Lipinski definition) is 0. The number of carbonyl (C=O) groups excluding carboxylic acids is 4. The normalized spacial score (nSPS) is 27.4. The number of esters is 4. The van der Waals surface area contributed by atoms with Crippen LogP contribution in [0.15, 0.2) is 0 Å². The van der Waals surface area contributed by atoms with Gasteiger partial charge in [-0.3, -0.25) is 0 Å². The van der Waals surface area contributed by atoms with E-state index < -0.39 is 73.4 Å². The summed E-state index contributed by atoms with van der Waals surface area (Å²) >= 11 is -0.790. The van der Waals surface area contributed by atoms with E-state index in [1.165, 1.54) is 27.7 Å². The standard InChI is InChI=1S/C17H26O9Te/c1-6-7-27-17-16(25-12(5)21)15(24-11(4)20)14(23-10(3)19)13(26-17)8-22-9(2)18/h13-17H,6-8H2,1-5H3/t13-,14-,15+,16-,17+/m1/s1. The third kappa shape index (κ3) is 8.03. The van der Waals surface area contributed by atoms with Crippen molar-refractivity contribution in [3.63, 3.8) is 0 Å². The van der Waals surface area contributed by atoms with Crippen LogP contribution in [0.25, 0.3) is 0 Å². The van der Waals surface area contributed by atoms with Crippen molar-refractivity contribution in [3.05, 3.63) is 0 Å². The number of carbonyl (C=O) groups is 4. The van der Waals surface area contributed by atoms with Gasteiger partial charge in [0.2, 0.25) is 0 Å². The third-order valence-electron chi connectivity index (χ3n) is 3.43. The average molecular weight is 502 g/mol. The van der Waals surface area contributed by atoms with Gasteiger partial charge in [-0.25, -0.2) is 0 Å². The molecule has 0 spiro atoms. The Kier molecular flexibility index (Phi) is 10.1. The molecule has 0 amide bonds. The molecule has 5 atom stereocenters. The first-order valence-corrected chi connectivity index (χ1v) is 11.6. The number of rotatable bonds is 8. The van der Waals surface area contributed by atoms with Crippen LogP contribution in [0, 0.1) is 0 Å². The molecule has 0 bridgehead atoms. The number of ether oxygens (including phenoxy) is 5. The summed E-state index contributed by atoms with van der Waals surface area (Å²) in [6.45, 7) is 6.75. The van der Waals surface area contributed by atoms with E-state index in [1.54, 1.807) is 0 Å². The van der Waals surface area contributed by atoms with Crippen LogP contribution < -0.4 is 0 Å². The van der Waals surface area contributed by atoms with Gasteiger partial charge in [0.25, 0.3) is 0 Å². The summed E-state index contributed by atoms with van der Waals surface area (Å²) in [6.07, 6.45) is -2.91. The quantitative estimate of drug-likeness (QED) is 0.268. The maximum absolute atomic E-state index is 11.6. The predicted octanol–water partition coefficient (Wildman–Crippen LogP) is 0.602. The molecule has 1 heterocycles. The zero-order valence-corrected chi connectivity index (χ0v) is 18.4. The molecule has 0 saturated carbocycles. The Balaban J connectivity index is 3.22. The molecule has 1 aliphatic rings. The van der Waals surface area contributed by atoms with Crippen LogP contribution in [-0.2, 0) is 42.9 Å². The average Bonchev–Trinajstić information content (AvgIpc) is 2.54. The van der Waals surface area contributed by atoms with Gasteiger partial charge in [-0.2, -0.15) is 0 Å². The fourth-order valence-corrected chi connectivity index (χ4v) is 5.67. The Hall–Kier alpha value is -1.37. The molecular weight excluding hydrogens is 476 g/mol. The molecule has 9 nitrogen and oxygen atoms in total. The predicted molar refractivity (Wildman–Crippen MR) is 92.8 cm³/mol. The van der Waals surface area contributed by atoms with Gasteiger partial charge in [0.15, 0.2) is 0 Å². The first-order chi connectivity index (χ1) is 12.6. The van der Waals surface area contributed by atoms with Gasteiger partial charge in [0.05, 0.1) is 0 Å². The molecule has 0 N–H and O–H groups in total. The summed E-state index contributed by atoms with van der Waals surface area (Å²) < 4.78 is 27.5. The molecule has 0 aromatic heterocycles. The van der Waals surface area contributed by atoms with Gasteiger partial charge in [-0.1, -0.05) is 0 Å². The molecular formula is C17H26O9Te. The Bertz CT molecular complexity index is 551. The van der Waals surface area contributed by atoms with Crippen molar-refractivity contribution >= 4 is 44.8 Å². The monoisotopic (exact) mass is 504 g/mol. The van der Waals surface area contributed by atoms with Crippen LogP contribution in [0.2, 0.25) is 4.47 Å². The van der Waals surface area contributed by atoms with Crippen LogP contribution in [0.5, 0.6) is 0 Å². The van der Waals surface area contributed by atoms with Gasteiger partial charge >= 0.3 is 168 Å². The van der Waals surface area contributed by atoms with Crippen LogP contribution in [-0.4, -0.2) is 80.0 Å². The number of hydrogen-bond acceptors (Lipinski definition) is 9. The summed E-state index contributed by atoms with van der Waals surface area (Å²) in [5.74, 6) is -2.32. The Morgan fingerprint density at radius 1 is 0.815 bits per heavy atom. The minimum atomic E-state index is -1.07. The van der Waals surface area contributed by atoms with E-state index >= 15 is 0 Å². The first kappa shape index (κ1) is 23.7. The van der Waals surface area contributed by atoms with E-state index in [4.69, 9.17) is 23.7 Å². The van der Waals surface area contributed by atoms with Crippen LogP contribution >= 0.6 is 0 Å². The molecule has 27 heavy (non-hydrogen) atoms. The van der Waals surface area contributed by atoms with Gasteiger partial charge < -0.3 is 0 Å². The fraction of sp³-hybridized carbons (Fsp3) is 0.765. The second kappa shape index (κ2) is 11.5. The van der Waals surface area contributed by atoms with Gasteiger partial charge in [0.1, 0.15) is 0 Å². The third-order valence-corrected chi connectivity index (χ3v) is 7.29. The summed E-state index contributed by atoms with van der Waals surface area (Å²) in [6, 6.07) is 0. The molecule has 0 aromatic carbocycles. The Morgan fingerprint density at radius 2 is 1.33 bits per heavy atom. The maximum atomic E-state index is 11.6. The van der Waals surface area contributed by atoms with Crippen LogP contribution in [0.1, 0.15) is 41.0 Å². The summed E-state index contributed by atoms with van der Waals surface area (Å²) in [4.78, 5) is 46.0. The van der Waals surface area contributed by atoms with Crippen LogP contribution in [0.4, 0.5) is 0 Å². The van der Waals surface area contributed by atoms with Crippen molar-refractivity contribution < 1.29 is 42.9 Å². The van der Waals surface area contributed by atoms with Gasteiger partial charge in [0, 0.05) is 0 Å². The van der Waals surface area contributed by atoms with Crippen LogP contribution in [0.3, 0.4) is 0 Å². The summed E-state index contributed by atoms with van der Waals surface area (Å²) in [7, 11) is 0. The Morgan fingerprint density at radius 3 is 1.81 bits per heavy atom. The summed E-state index contributed by atoms with van der Waals surface area (Å²) in [5.41, 5.74) is 0. The zero-order valence-electron chi connectivity index (χ0n) is 16.1. The second-order valence-electron chi connectivity index (χ2n) is 5.94. The van der Waals surface area contributed by atoms with E-state index in [0.717, 1.165) is 10.9 Å². The molecule has 1 fully saturated rings. The van der Waals surface area contributed by atoms with Gasteiger partial charge in [-0.15, -0.1) is 0 Å². The van der Waals surface area contributed by atoms with E-state index in [2.05, 4.69) is 0 Å². The molecule has 0 radical (unpaired) electrons. The second-order valence-corrected chi connectivity index (χ2v) is 9.38. The molecule has 0 aliphatic carbocycles. The first-order valence-electron chi connectivity index (χ1n) is 8.57. The van der Waals surface area contributed by atoms with E-state index in [-0.39, 0.29) is 6.61 Å². The summed E-state index contributed by atoms with van der Waals surface area (Å²) in [5, 5.41) is 0. The molecule has 0 aromatic rings. The van der Waals surface area contributed by atoms with Crippen molar-refractivity contribution in [1.82, 2.24) is 0 Å². The minimum absolute atomic E-state index is 0.173. The van der Waals surface area contributed by atoms with Crippen molar-refractivity contribution in [2.45, 2.75) is 74.1 Å². The topological polar surface area (TPSA) is 114 Å². The fourth-order valence-electron chi connectivity index (χ4n) is 2.56. The molecule has 1 aliphatic heterocycles. The van der Waals surface area contributed by atoms with Crippen molar-refractivity contribution in [2.24, 2.45) is 0 Å². The molecule has 10 heteroatoms. The van der Waals surface area contributed by atoms with Crippen molar-refractivity contribution in [3.8, 4) is 0 Å².